The molecule has 5 aliphatic rings. The van der Waals surface area contributed by atoms with Crippen LogP contribution in [0.4, 0.5) is 34.1 Å². The van der Waals surface area contributed by atoms with Crippen molar-refractivity contribution in [2.24, 2.45) is 0 Å². The summed E-state index contributed by atoms with van der Waals surface area (Å²) in [6.07, 6.45) is 5.93. The van der Waals surface area contributed by atoms with Gasteiger partial charge in [0.15, 0.2) is 0 Å². The molecule has 0 bridgehead atoms. The fraction of sp³-hybridized carbons (Fsp3) is 0.524. The third-order valence-electron chi connectivity index (χ3n) is 18.2. The van der Waals surface area contributed by atoms with Crippen molar-refractivity contribution in [3.8, 4) is 0 Å². The summed E-state index contributed by atoms with van der Waals surface area (Å²) in [5, 5.41) is 0. The van der Waals surface area contributed by atoms with Crippen molar-refractivity contribution < 1.29 is 0 Å². The lowest BCUT2D eigenvalue weighted by atomic mass is 9.33. The zero-order valence-corrected chi connectivity index (χ0v) is 44.9. The van der Waals surface area contributed by atoms with E-state index in [2.05, 4.69) is 215 Å². The third kappa shape index (κ3) is 6.53. The average molecular weight is 877 g/mol. The molecule has 346 valence electrons. The minimum absolute atomic E-state index is 0.0142. The molecule has 0 amide bonds. The lowest BCUT2D eigenvalue weighted by Gasteiger charge is -2.49. The van der Waals surface area contributed by atoms with Gasteiger partial charge in [0.25, 0.3) is 6.71 Å². The van der Waals surface area contributed by atoms with Crippen LogP contribution in [0, 0.1) is 13.8 Å². The molecule has 66 heavy (non-hydrogen) atoms. The third-order valence-corrected chi connectivity index (χ3v) is 18.2. The van der Waals surface area contributed by atoms with Crippen LogP contribution in [0.2, 0.25) is 0 Å². The maximum absolute atomic E-state index is 2.77. The summed E-state index contributed by atoms with van der Waals surface area (Å²) in [6.45, 7) is 49.1. The number of rotatable bonds is 2. The first kappa shape index (κ1) is 45.5. The molecule has 5 aromatic carbocycles. The van der Waals surface area contributed by atoms with Gasteiger partial charge in [0.05, 0.1) is 0 Å². The van der Waals surface area contributed by atoms with E-state index in [4.69, 9.17) is 0 Å². The molecule has 0 saturated carbocycles. The largest absolute Gasteiger partial charge is 0.311 e. The summed E-state index contributed by atoms with van der Waals surface area (Å²) in [4.78, 5) is 5.52. The van der Waals surface area contributed by atoms with Gasteiger partial charge in [-0.3, -0.25) is 0 Å². The molecule has 2 aliphatic heterocycles. The fourth-order valence-corrected chi connectivity index (χ4v) is 14.1. The minimum atomic E-state index is -0.0933. The van der Waals surface area contributed by atoms with Gasteiger partial charge in [-0.05, 0) is 198 Å². The predicted molar refractivity (Wildman–Crippen MR) is 289 cm³/mol. The van der Waals surface area contributed by atoms with Crippen LogP contribution in [0.25, 0.3) is 0 Å². The number of anilines is 6. The molecule has 0 aromatic heterocycles. The number of fused-ring (bicyclic) bond motifs is 7. The van der Waals surface area contributed by atoms with Crippen LogP contribution >= 0.6 is 0 Å². The average Bonchev–Trinajstić information content (AvgIpc) is 3.38. The Labute approximate surface area is 401 Å². The highest BCUT2D eigenvalue weighted by atomic mass is 15.2. The van der Waals surface area contributed by atoms with Crippen molar-refractivity contribution >= 4 is 57.2 Å². The Hall–Kier alpha value is -4.24. The fourth-order valence-electron chi connectivity index (χ4n) is 14.1. The number of aryl methyl sites for hydroxylation is 1. The van der Waals surface area contributed by atoms with E-state index in [0.717, 1.165) is 6.42 Å². The van der Waals surface area contributed by atoms with Crippen LogP contribution in [0.1, 0.15) is 212 Å². The van der Waals surface area contributed by atoms with Gasteiger partial charge in [0.2, 0.25) is 0 Å². The SMILES string of the molecule is Cc1cc2c(cc1N1c3cc4c(cc3B3c5ccc(C(C)(C)C)cc5N(c5ccc6c(c5C)C(C)(C)CCC6(C)C)c5cc(C(C)(C)C)cc1c53)C(C)(C)CCC4(C)C)C(C)(C)CC2(C)C. The molecule has 0 saturated heterocycles. The molecule has 5 aromatic rings. The van der Waals surface area contributed by atoms with E-state index in [0.29, 0.717) is 0 Å². The molecule has 0 atom stereocenters. The van der Waals surface area contributed by atoms with E-state index >= 15 is 0 Å². The topological polar surface area (TPSA) is 6.48 Å². The summed E-state index contributed by atoms with van der Waals surface area (Å²) in [5.74, 6) is 0. The van der Waals surface area contributed by atoms with Crippen LogP contribution in [0.5, 0.6) is 0 Å². The molecule has 0 N–H and O–H groups in total. The van der Waals surface area contributed by atoms with Crippen LogP contribution in [-0.2, 0) is 43.3 Å². The normalized spacial score (nSPS) is 21.1. The maximum Gasteiger partial charge on any atom is 0.252 e. The zero-order chi connectivity index (χ0) is 48.0. The van der Waals surface area contributed by atoms with Gasteiger partial charge < -0.3 is 9.80 Å². The summed E-state index contributed by atoms with van der Waals surface area (Å²) in [7, 11) is 0. The van der Waals surface area contributed by atoms with E-state index in [1.807, 2.05) is 0 Å². The van der Waals surface area contributed by atoms with Crippen molar-refractivity contribution in [1.82, 2.24) is 0 Å². The number of hydrogen-bond acceptors (Lipinski definition) is 2. The Bertz CT molecular complexity index is 2900. The molecule has 3 aliphatic carbocycles. The van der Waals surface area contributed by atoms with Gasteiger partial charge in [0.1, 0.15) is 0 Å². The Kier molecular flexibility index (Phi) is 9.47. The molecule has 0 unspecified atom stereocenters. The van der Waals surface area contributed by atoms with E-state index in [1.165, 1.54) is 126 Å². The first-order valence-electron chi connectivity index (χ1n) is 25.7. The Balaban J connectivity index is 1.38. The van der Waals surface area contributed by atoms with E-state index in [-0.39, 0.29) is 50.0 Å². The summed E-state index contributed by atoms with van der Waals surface area (Å²) < 4.78 is 0. The Morgan fingerprint density at radius 2 is 0.864 bits per heavy atom. The van der Waals surface area contributed by atoms with Gasteiger partial charge in [0, 0.05) is 34.1 Å². The van der Waals surface area contributed by atoms with Crippen LogP contribution in [-0.4, -0.2) is 6.71 Å². The zero-order valence-electron chi connectivity index (χ0n) is 44.9. The molecule has 2 heterocycles. The minimum Gasteiger partial charge on any atom is -0.311 e. The highest BCUT2D eigenvalue weighted by Crippen LogP contribution is 2.56. The molecule has 0 fully saturated rings. The van der Waals surface area contributed by atoms with Gasteiger partial charge in [-0.1, -0.05) is 155 Å². The monoisotopic (exact) mass is 877 g/mol. The molecular formula is C63H81BN2. The van der Waals surface area contributed by atoms with Crippen molar-refractivity contribution in [1.29, 1.82) is 0 Å². The molecule has 0 spiro atoms. The highest BCUT2D eigenvalue weighted by molar-refractivity contribution is 7.00. The summed E-state index contributed by atoms with van der Waals surface area (Å²) >= 11 is 0. The maximum atomic E-state index is 2.77. The second-order valence-electron chi connectivity index (χ2n) is 28.1. The van der Waals surface area contributed by atoms with E-state index in [9.17, 15) is 0 Å². The molecule has 3 heteroatoms. The van der Waals surface area contributed by atoms with Crippen LogP contribution in [0.15, 0.2) is 66.7 Å². The Morgan fingerprint density at radius 3 is 1.44 bits per heavy atom. The number of nitrogens with zero attached hydrogens (tertiary/aromatic N) is 2. The van der Waals surface area contributed by atoms with Crippen molar-refractivity contribution in [2.45, 2.75) is 214 Å². The quantitative estimate of drug-likeness (QED) is 0.160. The predicted octanol–water partition coefficient (Wildman–Crippen LogP) is 15.6. The van der Waals surface area contributed by atoms with Crippen molar-refractivity contribution in [2.75, 3.05) is 9.80 Å². The smallest absolute Gasteiger partial charge is 0.252 e. The van der Waals surface area contributed by atoms with Crippen LogP contribution in [0.3, 0.4) is 0 Å². The molecule has 0 radical (unpaired) electrons. The lowest BCUT2D eigenvalue weighted by molar-refractivity contribution is 0.330. The van der Waals surface area contributed by atoms with Crippen LogP contribution < -0.4 is 26.2 Å². The van der Waals surface area contributed by atoms with Crippen molar-refractivity contribution in [3.05, 3.63) is 122 Å². The molecule has 2 nitrogen and oxygen atoms in total. The molecule has 10 rings (SSSR count). The van der Waals surface area contributed by atoms with E-state index in [1.54, 1.807) is 5.56 Å². The van der Waals surface area contributed by atoms with Gasteiger partial charge in [-0.15, -0.1) is 0 Å². The second-order valence-corrected chi connectivity index (χ2v) is 28.1. The van der Waals surface area contributed by atoms with Gasteiger partial charge in [-0.2, -0.15) is 0 Å². The molecular weight excluding hydrogens is 796 g/mol. The first-order chi connectivity index (χ1) is 30.3. The first-order valence-corrected chi connectivity index (χ1v) is 25.7. The number of hydrogen-bond donors (Lipinski definition) is 0. The number of benzene rings is 5. The highest BCUT2D eigenvalue weighted by Gasteiger charge is 2.49. The standard InChI is InChI=1S/C63H81BN2/c1-37-29-42-45(63(19,20)36-62(42,17)18)34-49(37)66-51-35-44-43(59(11,12)25-26-60(44,13)14)33-47(51)64-46-23-21-39(56(3,4)5)30-50(46)65(52-31-40(57(6,7)8)32-53(66)55(52)64)48-24-22-41-54(38(48)2)61(15,16)28-27-58(41,9)10/h21-24,29-35H,25-28,36H2,1-20H3. The second kappa shape index (κ2) is 13.7. The van der Waals surface area contributed by atoms with Crippen molar-refractivity contribution in [3.63, 3.8) is 0 Å². The van der Waals surface area contributed by atoms with Gasteiger partial charge >= 0.3 is 0 Å². The van der Waals surface area contributed by atoms with Gasteiger partial charge in [-0.25, -0.2) is 0 Å². The lowest BCUT2D eigenvalue weighted by Crippen LogP contribution is -2.62. The Morgan fingerprint density at radius 1 is 0.409 bits per heavy atom. The summed E-state index contributed by atoms with van der Waals surface area (Å²) in [6, 6.07) is 28.5. The van der Waals surface area contributed by atoms with E-state index < -0.39 is 0 Å². The summed E-state index contributed by atoms with van der Waals surface area (Å²) in [5.41, 5.74) is 27.5.